The zero-order valence-electron chi connectivity index (χ0n) is 10.8. The monoisotopic (exact) mass is 290 g/mol. The number of nitrogens with zero attached hydrogens (tertiary/aromatic N) is 2. The molecule has 0 spiro atoms. The fraction of sp³-hybridized carbons (Fsp3) is 0.214. The Kier molecular flexibility index (Phi) is 3.42. The Morgan fingerprint density at radius 1 is 1.25 bits per heavy atom. The van der Waals surface area contributed by atoms with E-state index in [1.165, 1.54) is 9.71 Å². The molecule has 0 saturated carbocycles. The Balaban J connectivity index is 1.78. The molecule has 3 rings (SSSR count). The molecule has 0 radical (unpaired) electrons. The van der Waals surface area contributed by atoms with Crippen molar-refractivity contribution in [1.29, 1.82) is 0 Å². The van der Waals surface area contributed by atoms with E-state index in [1.807, 2.05) is 30.3 Å². The van der Waals surface area contributed by atoms with Crippen molar-refractivity contribution < 1.29 is 12.9 Å². The Bertz CT molecular complexity index is 720. The fourth-order valence-corrected chi connectivity index (χ4v) is 3.31. The molecule has 104 valence electrons. The highest BCUT2D eigenvalue weighted by Crippen LogP contribution is 2.21. The Labute approximate surface area is 117 Å². The molecule has 0 fully saturated rings. The minimum absolute atomic E-state index is 0.320. The van der Waals surface area contributed by atoms with Gasteiger partial charge in [-0.25, -0.2) is 8.42 Å². The lowest BCUT2D eigenvalue weighted by atomic mass is 10.1. The largest absolute Gasteiger partial charge is 0.361 e. The maximum Gasteiger partial charge on any atom is 0.236 e. The molecule has 5 nitrogen and oxygen atoms in total. The summed E-state index contributed by atoms with van der Waals surface area (Å²) < 4.78 is 31.1. The molecule has 0 saturated heterocycles. The van der Waals surface area contributed by atoms with Crippen LogP contribution in [0.4, 0.5) is 0 Å². The average molecular weight is 290 g/mol. The number of sulfonamides is 1. The van der Waals surface area contributed by atoms with Crippen LogP contribution < -0.4 is 0 Å². The summed E-state index contributed by atoms with van der Waals surface area (Å²) in [6.45, 7) is 0.740. The first-order chi connectivity index (χ1) is 9.65. The van der Waals surface area contributed by atoms with Crippen LogP contribution in [0.2, 0.25) is 0 Å². The lowest BCUT2D eigenvalue weighted by molar-refractivity contribution is 0.333. The van der Waals surface area contributed by atoms with E-state index in [1.54, 1.807) is 12.3 Å². The van der Waals surface area contributed by atoms with Crippen LogP contribution in [0.15, 0.2) is 46.5 Å². The van der Waals surface area contributed by atoms with Crippen molar-refractivity contribution in [2.24, 2.45) is 0 Å². The number of hydrogen-bond donors (Lipinski definition) is 0. The van der Waals surface area contributed by atoms with E-state index >= 15 is 0 Å². The lowest BCUT2D eigenvalue weighted by Gasteiger charge is -2.23. The summed E-state index contributed by atoms with van der Waals surface area (Å²) >= 11 is 0. The van der Waals surface area contributed by atoms with Gasteiger partial charge in [0, 0.05) is 30.5 Å². The quantitative estimate of drug-likeness (QED) is 0.867. The van der Waals surface area contributed by atoms with Crippen molar-refractivity contribution in [1.82, 2.24) is 9.46 Å². The van der Waals surface area contributed by atoms with E-state index in [2.05, 4.69) is 5.16 Å². The smallest absolute Gasteiger partial charge is 0.236 e. The number of aromatic nitrogens is 1. The Hall–Kier alpha value is -1.92. The number of benzene rings is 1. The average Bonchev–Trinajstić information content (AvgIpc) is 2.94. The SMILES string of the molecule is O=S(=O)(C=Cc1ccccc1)N1CCc2oncc2C1. The van der Waals surface area contributed by atoms with Crippen molar-refractivity contribution in [3.8, 4) is 0 Å². The highest BCUT2D eigenvalue weighted by molar-refractivity contribution is 7.92. The van der Waals surface area contributed by atoms with E-state index in [0.717, 1.165) is 16.9 Å². The van der Waals surface area contributed by atoms with Gasteiger partial charge in [-0.15, -0.1) is 0 Å². The lowest BCUT2D eigenvalue weighted by Crippen LogP contribution is -2.34. The number of fused-ring (bicyclic) bond motifs is 1. The van der Waals surface area contributed by atoms with Crippen LogP contribution in [0, 0.1) is 0 Å². The molecular formula is C14H14N2O3S. The van der Waals surface area contributed by atoms with Gasteiger partial charge in [-0.05, 0) is 11.6 Å². The van der Waals surface area contributed by atoms with Gasteiger partial charge in [0.1, 0.15) is 5.76 Å². The second kappa shape index (κ2) is 5.22. The van der Waals surface area contributed by atoms with Crippen LogP contribution in [0.1, 0.15) is 16.9 Å². The molecule has 0 aliphatic carbocycles. The number of hydrogen-bond acceptors (Lipinski definition) is 4. The van der Waals surface area contributed by atoms with Gasteiger partial charge in [-0.3, -0.25) is 0 Å². The van der Waals surface area contributed by atoms with E-state index in [-0.39, 0.29) is 0 Å². The van der Waals surface area contributed by atoms with Gasteiger partial charge < -0.3 is 4.52 Å². The fourth-order valence-electron chi connectivity index (χ4n) is 2.15. The normalized spacial score (nSPS) is 16.4. The summed E-state index contributed by atoms with van der Waals surface area (Å²) in [4.78, 5) is 0. The van der Waals surface area contributed by atoms with Crippen LogP contribution in [-0.4, -0.2) is 24.4 Å². The summed E-state index contributed by atoms with van der Waals surface area (Å²) in [7, 11) is -3.42. The van der Waals surface area contributed by atoms with E-state index in [4.69, 9.17) is 4.52 Å². The summed E-state index contributed by atoms with van der Waals surface area (Å²) in [6, 6.07) is 9.36. The van der Waals surface area contributed by atoms with Crippen molar-refractivity contribution in [3.63, 3.8) is 0 Å². The van der Waals surface area contributed by atoms with Gasteiger partial charge in [0.2, 0.25) is 10.0 Å². The zero-order valence-corrected chi connectivity index (χ0v) is 11.6. The van der Waals surface area contributed by atoms with E-state index in [0.29, 0.717) is 19.5 Å². The van der Waals surface area contributed by atoms with Gasteiger partial charge in [-0.2, -0.15) is 4.31 Å². The molecule has 0 N–H and O–H groups in total. The topological polar surface area (TPSA) is 63.4 Å². The third-order valence-electron chi connectivity index (χ3n) is 3.26. The molecule has 2 heterocycles. The van der Waals surface area contributed by atoms with Crippen molar-refractivity contribution in [2.75, 3.05) is 6.54 Å². The second-order valence-electron chi connectivity index (χ2n) is 4.62. The maximum absolute atomic E-state index is 12.3. The highest BCUT2D eigenvalue weighted by Gasteiger charge is 2.26. The van der Waals surface area contributed by atoms with Crippen molar-refractivity contribution in [2.45, 2.75) is 13.0 Å². The first-order valence-corrected chi connectivity index (χ1v) is 7.81. The third kappa shape index (κ3) is 2.66. The summed E-state index contributed by atoms with van der Waals surface area (Å²) in [5.41, 5.74) is 1.70. The number of rotatable bonds is 3. The zero-order chi connectivity index (χ0) is 14.0. The second-order valence-corrected chi connectivity index (χ2v) is 6.43. The molecule has 0 atom stereocenters. The molecule has 6 heteroatoms. The third-order valence-corrected chi connectivity index (χ3v) is 4.77. The standard InChI is InChI=1S/C14H14N2O3S/c17-20(18,9-7-12-4-2-1-3-5-12)16-8-6-14-13(11-16)10-15-19-14/h1-5,7,9-10H,6,8,11H2. The highest BCUT2D eigenvalue weighted by atomic mass is 32.2. The van der Waals surface area contributed by atoms with Gasteiger partial charge in [0.05, 0.1) is 6.20 Å². The summed E-state index contributed by atoms with van der Waals surface area (Å²) in [6.07, 6.45) is 3.75. The molecule has 0 bridgehead atoms. The van der Waals surface area contributed by atoms with Gasteiger partial charge in [0.15, 0.2) is 0 Å². The maximum atomic E-state index is 12.3. The van der Waals surface area contributed by atoms with Gasteiger partial charge in [0.25, 0.3) is 0 Å². The minimum Gasteiger partial charge on any atom is -0.361 e. The van der Waals surface area contributed by atoms with Crippen molar-refractivity contribution in [3.05, 3.63) is 58.8 Å². The van der Waals surface area contributed by atoms with Gasteiger partial charge in [-0.1, -0.05) is 35.5 Å². The van der Waals surface area contributed by atoms with Crippen LogP contribution >= 0.6 is 0 Å². The summed E-state index contributed by atoms with van der Waals surface area (Å²) in [5, 5.41) is 4.95. The van der Waals surface area contributed by atoms with Crippen LogP contribution in [0.5, 0.6) is 0 Å². The van der Waals surface area contributed by atoms with E-state index in [9.17, 15) is 8.42 Å². The van der Waals surface area contributed by atoms with Crippen LogP contribution in [-0.2, 0) is 23.0 Å². The minimum atomic E-state index is -3.42. The molecule has 0 amide bonds. The Morgan fingerprint density at radius 2 is 2.05 bits per heavy atom. The molecule has 20 heavy (non-hydrogen) atoms. The first kappa shape index (κ1) is 13.1. The molecule has 1 aromatic heterocycles. The summed E-state index contributed by atoms with van der Waals surface area (Å²) in [5.74, 6) is 0.781. The van der Waals surface area contributed by atoms with Crippen molar-refractivity contribution >= 4 is 16.1 Å². The molecule has 1 aromatic carbocycles. The van der Waals surface area contributed by atoms with E-state index < -0.39 is 10.0 Å². The first-order valence-electron chi connectivity index (χ1n) is 6.31. The van der Waals surface area contributed by atoms with Crippen LogP contribution in [0.25, 0.3) is 6.08 Å². The molecule has 1 aliphatic heterocycles. The predicted octanol–water partition coefficient (Wildman–Crippen LogP) is 2.03. The Morgan fingerprint density at radius 3 is 2.85 bits per heavy atom. The van der Waals surface area contributed by atoms with Gasteiger partial charge >= 0.3 is 0 Å². The van der Waals surface area contributed by atoms with Crippen LogP contribution in [0.3, 0.4) is 0 Å². The molecule has 1 aliphatic rings. The molecular weight excluding hydrogens is 276 g/mol. The molecule has 2 aromatic rings. The molecule has 0 unspecified atom stereocenters. The predicted molar refractivity (Wildman–Crippen MR) is 75.0 cm³/mol.